The monoisotopic (exact) mass is 289 g/mol. The molecule has 0 aromatic heterocycles. The Kier molecular flexibility index (Phi) is 8.12. The Morgan fingerprint density at radius 3 is 2.31 bits per heavy atom. The van der Waals surface area contributed by atoms with Gasteiger partial charge < -0.3 is 24.8 Å². The molecular weight excluding hydrogens is 282 g/mol. The summed E-state index contributed by atoms with van der Waals surface area (Å²) in [5.74, 6) is 0. The first-order valence-corrected chi connectivity index (χ1v) is 3.48. The van der Waals surface area contributed by atoms with Crippen LogP contribution in [0, 0.1) is 6.92 Å². The molecule has 3 heteroatoms. The van der Waals surface area contributed by atoms with Crippen LogP contribution in [0.1, 0.15) is 5.56 Å². The van der Waals surface area contributed by atoms with E-state index in [1.807, 2.05) is 0 Å². The molecule has 0 amide bonds. The number of halogens is 2. The van der Waals surface area contributed by atoms with Crippen molar-refractivity contribution in [2.45, 2.75) is 6.92 Å². The van der Waals surface area contributed by atoms with Gasteiger partial charge in [0.1, 0.15) is 0 Å². The molecule has 0 spiro atoms. The van der Waals surface area contributed by atoms with Crippen molar-refractivity contribution in [2.75, 3.05) is 0 Å². The summed E-state index contributed by atoms with van der Waals surface area (Å²) in [6, 6.07) is 12.8. The maximum Gasteiger partial charge on any atom is 3.00 e. The van der Waals surface area contributed by atoms with Crippen LogP contribution in [-0.2, 0) is 26.2 Å². The smallest absolute Gasteiger partial charge is 1.00 e. The maximum atomic E-state index is 2.20. The van der Waals surface area contributed by atoms with Gasteiger partial charge >= 0.3 is 26.2 Å². The summed E-state index contributed by atoms with van der Waals surface area (Å²) in [7, 11) is 0. The number of hydrogen-bond acceptors (Lipinski definition) is 0. The molecule has 2 aromatic carbocycles. The maximum absolute atomic E-state index is 2.20. The van der Waals surface area contributed by atoms with Crippen molar-refractivity contribution in [3.05, 3.63) is 42.0 Å². The van der Waals surface area contributed by atoms with E-state index in [0.717, 1.165) is 0 Å². The first-order chi connectivity index (χ1) is 4.86. The van der Waals surface area contributed by atoms with Crippen LogP contribution in [0.15, 0.2) is 36.4 Å². The molecule has 0 atom stereocenters. The number of benzene rings is 1. The van der Waals surface area contributed by atoms with Crippen LogP contribution in [0.2, 0.25) is 0 Å². The van der Waals surface area contributed by atoms with Gasteiger partial charge in [0, 0.05) is 0 Å². The largest absolute Gasteiger partial charge is 3.00 e. The zero-order valence-corrected chi connectivity index (χ0v) is 11.2. The molecule has 0 bridgehead atoms. The van der Waals surface area contributed by atoms with Crippen LogP contribution >= 0.6 is 0 Å². The van der Waals surface area contributed by atoms with Crippen LogP contribution in [0.3, 0.4) is 0 Å². The summed E-state index contributed by atoms with van der Waals surface area (Å²) in [6.45, 7) is 2.12. The average molecular weight is 291 g/mol. The molecule has 0 aliphatic rings. The van der Waals surface area contributed by atoms with Crippen LogP contribution in [-0.4, -0.2) is 0 Å². The van der Waals surface area contributed by atoms with Crippen LogP contribution < -0.4 is 24.8 Å². The normalized spacial score (nSPS) is 8.08. The van der Waals surface area contributed by atoms with E-state index in [1.54, 1.807) is 0 Å². The van der Waals surface area contributed by atoms with Gasteiger partial charge in [0.25, 0.3) is 0 Å². The van der Waals surface area contributed by atoms with Gasteiger partial charge in [0.2, 0.25) is 0 Å². The second kappa shape index (κ2) is 6.70. The molecule has 1 radical (unpaired) electrons. The van der Waals surface area contributed by atoms with E-state index in [9.17, 15) is 0 Å². The Bertz CT molecular complexity index is 321. The standard InChI is InChI=1S/C10H9.2ClH.Zr/c1-8-6-9-4-2-3-5-10(9)7-8;;;/h2-7H,1H3;2*1H;/q-1;;;+3/p-2. The minimum Gasteiger partial charge on any atom is -1.00 e. The van der Waals surface area contributed by atoms with Crippen LogP contribution in [0.5, 0.6) is 0 Å². The molecule has 0 saturated heterocycles. The van der Waals surface area contributed by atoms with Gasteiger partial charge in [-0.15, -0.1) is 40.6 Å². The summed E-state index contributed by atoms with van der Waals surface area (Å²) in [4.78, 5) is 0. The number of aryl methyl sites for hydroxylation is 1. The third kappa shape index (κ3) is 3.50. The molecule has 0 aliphatic carbocycles. The predicted octanol–water partition coefficient (Wildman–Crippen LogP) is -3.13. The van der Waals surface area contributed by atoms with Gasteiger partial charge in [-0.05, 0) is 0 Å². The fraction of sp³-hybridized carbons (Fsp3) is 0.100. The Hall–Kier alpha value is 0.293. The van der Waals surface area contributed by atoms with E-state index in [1.165, 1.54) is 16.3 Å². The minimum atomic E-state index is 0. The summed E-state index contributed by atoms with van der Waals surface area (Å²) in [5, 5.41) is 2.69. The van der Waals surface area contributed by atoms with Gasteiger partial charge in [-0.3, -0.25) is 0 Å². The molecule has 0 fully saturated rings. The molecule has 0 nitrogen and oxygen atoms in total. The van der Waals surface area contributed by atoms with Crippen molar-refractivity contribution in [1.29, 1.82) is 0 Å². The topological polar surface area (TPSA) is 0 Å². The van der Waals surface area contributed by atoms with E-state index in [0.29, 0.717) is 0 Å². The Balaban J connectivity index is 0. The third-order valence-corrected chi connectivity index (χ3v) is 1.76. The molecule has 0 aliphatic heterocycles. The number of hydrogen-bond donors (Lipinski definition) is 0. The molecular formula is C10H9Cl2Zr. The van der Waals surface area contributed by atoms with E-state index < -0.39 is 0 Å². The van der Waals surface area contributed by atoms with E-state index in [-0.39, 0.29) is 51.0 Å². The second-order valence-corrected chi connectivity index (χ2v) is 2.66. The van der Waals surface area contributed by atoms with Gasteiger partial charge in [0.15, 0.2) is 0 Å². The van der Waals surface area contributed by atoms with Crippen molar-refractivity contribution in [3.63, 3.8) is 0 Å². The van der Waals surface area contributed by atoms with Crippen molar-refractivity contribution < 1.29 is 51.0 Å². The Labute approximate surface area is 110 Å². The van der Waals surface area contributed by atoms with Crippen LogP contribution in [0.4, 0.5) is 0 Å². The zero-order valence-electron chi connectivity index (χ0n) is 7.22. The molecule has 67 valence electrons. The number of rotatable bonds is 0. The van der Waals surface area contributed by atoms with Gasteiger partial charge in [-0.2, -0.15) is 6.07 Å². The molecule has 2 aromatic rings. The van der Waals surface area contributed by atoms with E-state index in [4.69, 9.17) is 0 Å². The van der Waals surface area contributed by atoms with Gasteiger partial charge in [-0.25, -0.2) is 0 Å². The number of fused-ring (bicyclic) bond motifs is 1. The summed E-state index contributed by atoms with van der Waals surface area (Å²) in [5.41, 5.74) is 1.35. The third-order valence-electron chi connectivity index (χ3n) is 1.76. The first kappa shape index (κ1) is 15.8. The van der Waals surface area contributed by atoms with Crippen molar-refractivity contribution in [2.24, 2.45) is 0 Å². The van der Waals surface area contributed by atoms with Gasteiger partial charge in [-0.1, -0.05) is 13.0 Å². The van der Waals surface area contributed by atoms with Crippen molar-refractivity contribution in [3.8, 4) is 0 Å². The van der Waals surface area contributed by atoms with E-state index >= 15 is 0 Å². The fourth-order valence-electron chi connectivity index (χ4n) is 1.31. The Morgan fingerprint density at radius 1 is 1.08 bits per heavy atom. The fourth-order valence-corrected chi connectivity index (χ4v) is 1.31. The molecule has 0 heterocycles. The molecule has 0 unspecified atom stereocenters. The van der Waals surface area contributed by atoms with Gasteiger partial charge in [0.05, 0.1) is 0 Å². The summed E-state index contributed by atoms with van der Waals surface area (Å²) in [6.07, 6.45) is 0. The van der Waals surface area contributed by atoms with Crippen LogP contribution in [0.25, 0.3) is 10.8 Å². The van der Waals surface area contributed by atoms with Crippen molar-refractivity contribution in [1.82, 2.24) is 0 Å². The first-order valence-electron chi connectivity index (χ1n) is 3.48. The molecule has 2 rings (SSSR count). The quantitative estimate of drug-likeness (QED) is 0.451. The molecule has 0 saturated carbocycles. The molecule has 0 N–H and O–H groups in total. The predicted molar refractivity (Wildman–Crippen MR) is 44.3 cm³/mol. The van der Waals surface area contributed by atoms with E-state index in [2.05, 4.69) is 43.3 Å². The van der Waals surface area contributed by atoms with Crippen molar-refractivity contribution >= 4 is 10.8 Å². The second-order valence-electron chi connectivity index (χ2n) is 2.66. The average Bonchev–Trinajstić information content (AvgIpc) is 2.27. The molecule has 13 heavy (non-hydrogen) atoms. The SMILES string of the molecule is Cc1cc2ccccc2[cH-]1.[Cl-].[Cl-].[Zr+3]. The zero-order chi connectivity index (χ0) is 6.97. The minimum absolute atomic E-state index is 0. The summed E-state index contributed by atoms with van der Waals surface area (Å²) < 4.78 is 0. The summed E-state index contributed by atoms with van der Waals surface area (Å²) >= 11 is 0. The Morgan fingerprint density at radius 2 is 1.69 bits per heavy atom.